The van der Waals surface area contributed by atoms with Gasteiger partial charge in [-0.15, -0.1) is 0 Å². The molecule has 1 aliphatic carbocycles. The van der Waals surface area contributed by atoms with Crippen LogP contribution in [0.1, 0.15) is 32.6 Å². The van der Waals surface area contributed by atoms with Crippen molar-refractivity contribution in [2.24, 2.45) is 5.92 Å². The molecule has 1 heteroatoms. The van der Waals surface area contributed by atoms with Gasteiger partial charge in [0.1, 0.15) is 5.75 Å². The number of fused-ring (bicyclic) bond motifs is 1. The van der Waals surface area contributed by atoms with E-state index in [2.05, 4.69) is 49.4 Å². The molecule has 0 unspecified atom stereocenters. The van der Waals surface area contributed by atoms with E-state index in [1.165, 1.54) is 36.5 Å². The minimum atomic E-state index is 0.419. The topological polar surface area (TPSA) is 9.23 Å². The van der Waals surface area contributed by atoms with Crippen LogP contribution in [0.3, 0.4) is 0 Å². The van der Waals surface area contributed by atoms with E-state index in [9.17, 15) is 0 Å². The summed E-state index contributed by atoms with van der Waals surface area (Å²) in [5.41, 5.74) is 0. The highest BCUT2D eigenvalue weighted by atomic mass is 16.5. The van der Waals surface area contributed by atoms with Crippen molar-refractivity contribution in [3.63, 3.8) is 0 Å². The molecule has 0 N–H and O–H groups in total. The first kappa shape index (κ1) is 11.6. The van der Waals surface area contributed by atoms with E-state index < -0.39 is 0 Å². The van der Waals surface area contributed by atoms with E-state index >= 15 is 0 Å². The fourth-order valence-corrected chi connectivity index (χ4v) is 2.78. The number of hydrogen-bond donors (Lipinski definition) is 0. The summed E-state index contributed by atoms with van der Waals surface area (Å²) in [6, 6.07) is 14.8. The zero-order valence-corrected chi connectivity index (χ0v) is 10.9. The summed E-state index contributed by atoms with van der Waals surface area (Å²) in [4.78, 5) is 0. The summed E-state index contributed by atoms with van der Waals surface area (Å²) in [5, 5.41) is 2.54. The van der Waals surface area contributed by atoms with E-state index in [4.69, 9.17) is 4.74 Å². The Bertz CT molecular complexity index is 524. The van der Waals surface area contributed by atoms with Crippen molar-refractivity contribution in [2.45, 2.75) is 38.7 Å². The van der Waals surface area contributed by atoms with Crippen LogP contribution in [0.4, 0.5) is 0 Å². The first-order valence-electron chi connectivity index (χ1n) is 6.97. The molecule has 0 atom stereocenters. The Hall–Kier alpha value is -1.50. The molecule has 0 bridgehead atoms. The Morgan fingerprint density at radius 1 is 0.889 bits per heavy atom. The average molecular weight is 240 g/mol. The number of benzene rings is 2. The molecule has 0 aromatic heterocycles. The molecular formula is C17H20O. The Morgan fingerprint density at radius 2 is 1.61 bits per heavy atom. The van der Waals surface area contributed by atoms with Crippen molar-refractivity contribution in [3.8, 4) is 5.75 Å². The molecule has 1 fully saturated rings. The lowest BCUT2D eigenvalue weighted by Crippen LogP contribution is -2.22. The Kier molecular flexibility index (Phi) is 3.22. The van der Waals surface area contributed by atoms with Crippen molar-refractivity contribution in [2.75, 3.05) is 0 Å². The van der Waals surface area contributed by atoms with Gasteiger partial charge >= 0.3 is 0 Å². The molecule has 3 rings (SSSR count). The first-order valence-corrected chi connectivity index (χ1v) is 6.97. The van der Waals surface area contributed by atoms with Crippen LogP contribution < -0.4 is 4.74 Å². The van der Waals surface area contributed by atoms with Gasteiger partial charge in [0.2, 0.25) is 0 Å². The molecule has 1 nitrogen and oxygen atoms in total. The van der Waals surface area contributed by atoms with Crippen molar-refractivity contribution < 1.29 is 4.74 Å². The highest BCUT2D eigenvalue weighted by Gasteiger charge is 2.19. The highest BCUT2D eigenvalue weighted by Crippen LogP contribution is 2.28. The van der Waals surface area contributed by atoms with Crippen molar-refractivity contribution in [3.05, 3.63) is 42.5 Å². The SMILES string of the molecule is CC1CCC(Oc2ccc3ccccc3c2)CC1. The van der Waals surface area contributed by atoms with Gasteiger partial charge in [-0.2, -0.15) is 0 Å². The summed E-state index contributed by atoms with van der Waals surface area (Å²) < 4.78 is 6.11. The normalized spacial score (nSPS) is 24.1. The molecule has 18 heavy (non-hydrogen) atoms. The summed E-state index contributed by atoms with van der Waals surface area (Å²) in [6.45, 7) is 2.34. The van der Waals surface area contributed by atoms with Crippen LogP contribution in [0.5, 0.6) is 5.75 Å². The van der Waals surface area contributed by atoms with Gasteiger partial charge in [0, 0.05) is 0 Å². The maximum Gasteiger partial charge on any atom is 0.120 e. The summed E-state index contributed by atoms with van der Waals surface area (Å²) in [7, 11) is 0. The Labute approximate surface area is 109 Å². The van der Waals surface area contributed by atoms with Gasteiger partial charge < -0.3 is 4.74 Å². The van der Waals surface area contributed by atoms with Gasteiger partial charge in [-0.25, -0.2) is 0 Å². The third kappa shape index (κ3) is 2.50. The molecule has 0 saturated heterocycles. The summed E-state index contributed by atoms with van der Waals surface area (Å²) in [6.07, 6.45) is 5.43. The molecule has 2 aromatic rings. The van der Waals surface area contributed by atoms with E-state index in [1.54, 1.807) is 0 Å². The van der Waals surface area contributed by atoms with Crippen LogP contribution in [0.25, 0.3) is 10.8 Å². The van der Waals surface area contributed by atoms with Crippen LogP contribution in [0.15, 0.2) is 42.5 Å². The van der Waals surface area contributed by atoms with Crippen LogP contribution in [-0.4, -0.2) is 6.10 Å². The lowest BCUT2D eigenvalue weighted by Gasteiger charge is -2.27. The number of ether oxygens (including phenoxy) is 1. The fourth-order valence-electron chi connectivity index (χ4n) is 2.78. The van der Waals surface area contributed by atoms with E-state index in [0.717, 1.165) is 11.7 Å². The van der Waals surface area contributed by atoms with Gasteiger partial charge in [-0.3, -0.25) is 0 Å². The van der Waals surface area contributed by atoms with Crippen LogP contribution in [0.2, 0.25) is 0 Å². The molecule has 0 radical (unpaired) electrons. The van der Waals surface area contributed by atoms with E-state index in [1.807, 2.05) is 0 Å². The molecular weight excluding hydrogens is 220 g/mol. The van der Waals surface area contributed by atoms with Crippen molar-refractivity contribution in [1.29, 1.82) is 0 Å². The zero-order chi connectivity index (χ0) is 12.4. The molecule has 1 saturated carbocycles. The zero-order valence-electron chi connectivity index (χ0n) is 10.9. The van der Waals surface area contributed by atoms with Gasteiger partial charge in [-0.1, -0.05) is 37.3 Å². The highest BCUT2D eigenvalue weighted by molar-refractivity contribution is 5.83. The van der Waals surface area contributed by atoms with Gasteiger partial charge in [0.25, 0.3) is 0 Å². The second kappa shape index (κ2) is 5.01. The lowest BCUT2D eigenvalue weighted by molar-refractivity contribution is 0.136. The maximum atomic E-state index is 6.11. The second-order valence-electron chi connectivity index (χ2n) is 5.51. The lowest BCUT2D eigenvalue weighted by atomic mass is 9.89. The fraction of sp³-hybridized carbons (Fsp3) is 0.412. The Morgan fingerprint density at radius 3 is 2.39 bits per heavy atom. The third-order valence-electron chi connectivity index (χ3n) is 3.99. The largest absolute Gasteiger partial charge is 0.490 e. The number of hydrogen-bond acceptors (Lipinski definition) is 1. The Balaban J connectivity index is 1.74. The summed E-state index contributed by atoms with van der Waals surface area (Å²) >= 11 is 0. The molecule has 0 heterocycles. The van der Waals surface area contributed by atoms with E-state index in [-0.39, 0.29) is 0 Å². The molecule has 94 valence electrons. The molecule has 1 aliphatic rings. The smallest absolute Gasteiger partial charge is 0.120 e. The van der Waals surface area contributed by atoms with Crippen LogP contribution >= 0.6 is 0 Å². The summed E-state index contributed by atoms with van der Waals surface area (Å²) in [5.74, 6) is 1.90. The standard InChI is InChI=1S/C17H20O/c1-13-6-9-16(10-7-13)18-17-11-8-14-4-2-3-5-15(14)12-17/h2-5,8,11-13,16H,6-7,9-10H2,1H3. The van der Waals surface area contributed by atoms with Gasteiger partial charge in [-0.05, 0) is 54.5 Å². The monoisotopic (exact) mass is 240 g/mol. The predicted octanol–water partition coefficient (Wildman–Crippen LogP) is 4.80. The minimum absolute atomic E-state index is 0.419. The predicted molar refractivity (Wildman–Crippen MR) is 76.0 cm³/mol. The van der Waals surface area contributed by atoms with Gasteiger partial charge in [0.05, 0.1) is 6.10 Å². The van der Waals surface area contributed by atoms with Crippen LogP contribution in [-0.2, 0) is 0 Å². The first-order chi connectivity index (χ1) is 8.81. The quantitative estimate of drug-likeness (QED) is 0.732. The van der Waals surface area contributed by atoms with Crippen molar-refractivity contribution >= 4 is 10.8 Å². The van der Waals surface area contributed by atoms with Crippen molar-refractivity contribution in [1.82, 2.24) is 0 Å². The minimum Gasteiger partial charge on any atom is -0.490 e. The second-order valence-corrected chi connectivity index (χ2v) is 5.51. The molecule has 0 aliphatic heterocycles. The van der Waals surface area contributed by atoms with E-state index in [0.29, 0.717) is 6.10 Å². The molecule has 2 aromatic carbocycles. The molecule has 0 spiro atoms. The maximum absolute atomic E-state index is 6.11. The average Bonchev–Trinajstić information content (AvgIpc) is 2.41. The van der Waals surface area contributed by atoms with Crippen LogP contribution in [0, 0.1) is 5.92 Å². The molecule has 0 amide bonds. The third-order valence-corrected chi connectivity index (χ3v) is 3.99. The van der Waals surface area contributed by atoms with Gasteiger partial charge in [0.15, 0.2) is 0 Å². The number of rotatable bonds is 2.